The molecule has 0 bridgehead atoms. The van der Waals surface area contributed by atoms with Crippen LogP contribution in [-0.2, 0) is 52.7 Å². The molecule has 0 aromatic heterocycles. The van der Waals surface area contributed by atoms with E-state index in [4.69, 9.17) is 0 Å². The molecule has 1 aliphatic heterocycles. The van der Waals surface area contributed by atoms with Gasteiger partial charge in [0.1, 0.15) is 60.4 Å². The summed E-state index contributed by atoms with van der Waals surface area (Å²) in [5.41, 5.74) is 0. The average molecular weight is 1190 g/mol. The number of aliphatic hydroxyl groups is 1. The Hall–Kier alpha value is -6.13. The molecule has 1 aliphatic rings. The third kappa shape index (κ3) is 21.7. The number of amides is 11. The minimum atomic E-state index is -1.61. The van der Waals surface area contributed by atoms with Crippen molar-refractivity contribution in [1.82, 2.24) is 56.0 Å². The fourth-order valence-electron chi connectivity index (χ4n) is 10.2. The molecule has 1 fully saturated rings. The first-order chi connectivity index (χ1) is 38.8. The van der Waals surface area contributed by atoms with Gasteiger partial charge in [0, 0.05) is 42.3 Å². The second-order valence-electron chi connectivity index (χ2n) is 25.7. The van der Waals surface area contributed by atoms with E-state index in [1.807, 2.05) is 55.4 Å². The van der Waals surface area contributed by atoms with E-state index in [9.17, 15) is 57.8 Å². The van der Waals surface area contributed by atoms with E-state index < -0.39 is 156 Å². The van der Waals surface area contributed by atoms with Gasteiger partial charge < -0.3 is 61.1 Å². The molecule has 0 aromatic carbocycles. The summed E-state index contributed by atoms with van der Waals surface area (Å²) < 4.78 is 0. The van der Waals surface area contributed by atoms with Crippen LogP contribution in [0.3, 0.4) is 0 Å². The summed E-state index contributed by atoms with van der Waals surface area (Å²) in [6, 6.07) is -12.4. The van der Waals surface area contributed by atoms with Gasteiger partial charge in [0.25, 0.3) is 0 Å². The highest BCUT2D eigenvalue weighted by Gasteiger charge is 2.44. The number of carbonyl (C=O) groups excluding carboxylic acids is 11. The summed E-state index contributed by atoms with van der Waals surface area (Å²) in [6.45, 7) is 29.2. The highest BCUT2D eigenvalue weighted by Crippen LogP contribution is 2.23. The zero-order valence-electron chi connectivity index (χ0n) is 55.1. The number of nitrogens with one attached hydrogen (secondary N) is 5. The van der Waals surface area contributed by atoms with E-state index in [0.717, 1.165) is 9.80 Å². The van der Waals surface area contributed by atoms with Gasteiger partial charge in [-0.25, -0.2) is 0 Å². The normalized spacial score (nSPS) is 27.0. The third-order valence-electron chi connectivity index (χ3n) is 15.7. The molecular formula is C61H109N11O12. The third-order valence-corrected chi connectivity index (χ3v) is 15.7. The first kappa shape index (κ1) is 75.9. The molecule has 6 N–H and O–H groups in total. The maximum absolute atomic E-state index is 14.9. The number of rotatable bonds is 15. The lowest BCUT2D eigenvalue weighted by atomic mass is 9.91. The SMILES string of the molecule is C/C=C/CC(C)C(O)C1C(=O)NC(CC)C(=O)N(C)CC(=O)N(C)C(CC(C)C)C(=O)NC(C(C)C)C(=O)N(C)C(CC(C)C)C(=O)NC(C)C(=O)NC(C)C(=O)N(C)C(CC(C)C)C(=O)N(C)C(CC(C)C)C(=O)NC(C(C)C)C(=O)N1C. The van der Waals surface area contributed by atoms with E-state index in [-0.39, 0.29) is 55.8 Å². The van der Waals surface area contributed by atoms with Crippen LogP contribution in [0.1, 0.15) is 156 Å². The van der Waals surface area contributed by atoms with Crippen LogP contribution in [0.4, 0.5) is 0 Å². The van der Waals surface area contributed by atoms with Crippen molar-refractivity contribution in [3.8, 4) is 0 Å². The molecule has 1 rings (SSSR count). The lowest BCUT2D eigenvalue weighted by molar-refractivity contribution is -0.151. The molecule has 23 nitrogen and oxygen atoms in total. The first-order valence-electron chi connectivity index (χ1n) is 30.2. The van der Waals surface area contributed by atoms with Crippen molar-refractivity contribution in [2.24, 2.45) is 41.4 Å². The number of allylic oxidation sites excluding steroid dienone is 2. The summed E-state index contributed by atoms with van der Waals surface area (Å²) in [5, 5.41) is 25.8. The van der Waals surface area contributed by atoms with Gasteiger partial charge in [0.2, 0.25) is 65.0 Å². The van der Waals surface area contributed by atoms with Crippen LogP contribution < -0.4 is 26.6 Å². The lowest BCUT2D eigenvalue weighted by Crippen LogP contribution is -2.63. The van der Waals surface area contributed by atoms with Crippen LogP contribution in [0.5, 0.6) is 0 Å². The molecule has 0 radical (unpaired) electrons. The fourth-order valence-corrected chi connectivity index (χ4v) is 10.2. The summed E-state index contributed by atoms with van der Waals surface area (Å²) in [4.78, 5) is 166. The molecule has 0 aliphatic carbocycles. The Bertz CT molecular complexity index is 2290. The Labute approximate surface area is 502 Å². The van der Waals surface area contributed by atoms with E-state index in [2.05, 4.69) is 26.6 Å². The van der Waals surface area contributed by atoms with Gasteiger partial charge >= 0.3 is 0 Å². The Morgan fingerprint density at radius 2 is 0.845 bits per heavy atom. The van der Waals surface area contributed by atoms with Crippen LogP contribution in [-0.4, -0.2) is 215 Å². The van der Waals surface area contributed by atoms with E-state index in [0.29, 0.717) is 6.42 Å². The zero-order valence-corrected chi connectivity index (χ0v) is 55.1. The number of nitrogens with zero attached hydrogens (tertiary/aromatic N) is 6. The second kappa shape index (κ2) is 34.7. The smallest absolute Gasteiger partial charge is 0.246 e. The summed E-state index contributed by atoms with van der Waals surface area (Å²) in [7, 11) is 8.42. The maximum atomic E-state index is 14.9. The minimum Gasteiger partial charge on any atom is -0.390 e. The Morgan fingerprint density at radius 3 is 1.26 bits per heavy atom. The van der Waals surface area contributed by atoms with Gasteiger partial charge in [-0.15, -0.1) is 0 Å². The van der Waals surface area contributed by atoms with Crippen molar-refractivity contribution in [2.45, 2.75) is 223 Å². The highest BCUT2D eigenvalue weighted by molar-refractivity contribution is 5.99. The molecular weight excluding hydrogens is 1080 g/mol. The molecule has 84 heavy (non-hydrogen) atoms. The molecule has 0 spiro atoms. The topological polar surface area (TPSA) is 288 Å². The van der Waals surface area contributed by atoms with Crippen molar-refractivity contribution in [1.29, 1.82) is 0 Å². The Morgan fingerprint density at radius 1 is 0.464 bits per heavy atom. The molecule has 0 saturated carbocycles. The van der Waals surface area contributed by atoms with Crippen LogP contribution in [0.25, 0.3) is 0 Å². The van der Waals surface area contributed by atoms with Crippen molar-refractivity contribution in [2.75, 3.05) is 48.8 Å². The van der Waals surface area contributed by atoms with Gasteiger partial charge in [-0.3, -0.25) is 52.7 Å². The number of aliphatic hydroxyl groups excluding tert-OH is 1. The molecule has 11 amide bonds. The van der Waals surface area contributed by atoms with E-state index in [1.165, 1.54) is 75.7 Å². The molecule has 1 heterocycles. The standard InChI is InChI=1S/C61H109N11O12/c1-24-26-27-39(15)51(74)50-56(79)64-42(25-2)58(81)67(18)32-47(73)68(19)43(28-33(3)4)54(77)65-48(37(11)12)60(83)70(21)44(29-34(5)6)53(76)62-40(16)52(75)63-41(17)57(80)71(22)46(31-36(9)10)59(82)69(20)45(30-35(7)8)55(78)66-49(38(13)14)61(84)72(50)23/h24,26,33-46,48-51,74H,25,27-32H2,1-23H3,(H,62,76)(H,63,75)(H,64,79)(H,65,77)(H,66,78)/b26-24+. The molecule has 23 heteroatoms. The Kier molecular flexibility index (Phi) is 31.4. The summed E-state index contributed by atoms with van der Waals surface area (Å²) >= 11 is 0. The van der Waals surface area contributed by atoms with Gasteiger partial charge in [-0.1, -0.05) is 109 Å². The number of hydrogen-bond acceptors (Lipinski definition) is 12. The van der Waals surface area contributed by atoms with Crippen molar-refractivity contribution in [3.05, 3.63) is 12.2 Å². The Balaban J connectivity index is 4.26. The van der Waals surface area contributed by atoms with Crippen molar-refractivity contribution < 1.29 is 57.8 Å². The largest absolute Gasteiger partial charge is 0.390 e. The molecule has 0 aromatic rings. The predicted molar refractivity (Wildman–Crippen MR) is 324 cm³/mol. The highest BCUT2D eigenvalue weighted by atomic mass is 16.3. The molecule has 12 atom stereocenters. The lowest BCUT2D eigenvalue weighted by Gasteiger charge is -2.39. The van der Waals surface area contributed by atoms with Crippen molar-refractivity contribution >= 4 is 65.0 Å². The van der Waals surface area contributed by atoms with E-state index in [1.54, 1.807) is 60.6 Å². The average Bonchev–Trinajstić information content (AvgIpc) is 3.62. The number of hydrogen-bond donors (Lipinski definition) is 6. The van der Waals surface area contributed by atoms with Crippen LogP contribution in [0.15, 0.2) is 12.2 Å². The number of likely N-dealkylation sites (N-methyl/N-ethyl adjacent to an activating group) is 6. The second-order valence-corrected chi connectivity index (χ2v) is 25.7. The van der Waals surface area contributed by atoms with Gasteiger partial charge in [-0.05, 0) is 101 Å². The first-order valence-corrected chi connectivity index (χ1v) is 30.2. The summed E-state index contributed by atoms with van der Waals surface area (Å²) in [6.07, 6.45) is 3.01. The maximum Gasteiger partial charge on any atom is 0.246 e. The minimum absolute atomic E-state index is 0.0217. The monoisotopic (exact) mass is 1190 g/mol. The van der Waals surface area contributed by atoms with Crippen LogP contribution >= 0.6 is 0 Å². The quantitative estimate of drug-likeness (QED) is 0.129. The van der Waals surface area contributed by atoms with E-state index >= 15 is 0 Å². The van der Waals surface area contributed by atoms with Gasteiger partial charge in [0.05, 0.1) is 12.6 Å². The summed E-state index contributed by atoms with van der Waals surface area (Å²) in [5.74, 6) is -9.87. The van der Waals surface area contributed by atoms with Gasteiger partial charge in [0.15, 0.2) is 0 Å². The van der Waals surface area contributed by atoms with Gasteiger partial charge in [-0.2, -0.15) is 0 Å². The van der Waals surface area contributed by atoms with Crippen LogP contribution in [0.2, 0.25) is 0 Å². The molecule has 12 unspecified atom stereocenters. The van der Waals surface area contributed by atoms with Crippen LogP contribution in [0, 0.1) is 41.4 Å². The van der Waals surface area contributed by atoms with Crippen molar-refractivity contribution in [3.63, 3.8) is 0 Å². The molecule has 480 valence electrons. The fraction of sp³-hybridized carbons (Fsp3) is 0.787. The number of carbonyl (C=O) groups is 11. The zero-order chi connectivity index (χ0) is 65.1. The predicted octanol–water partition coefficient (Wildman–Crippen LogP) is 2.93. The molecule has 1 saturated heterocycles.